The van der Waals surface area contributed by atoms with E-state index in [1.807, 2.05) is 60.7 Å². The summed E-state index contributed by atoms with van der Waals surface area (Å²) in [5, 5.41) is 2.63. The lowest BCUT2D eigenvalue weighted by atomic mass is 10.0. The smallest absolute Gasteiger partial charge is 0.338 e. The van der Waals surface area contributed by atoms with Crippen molar-refractivity contribution in [1.29, 1.82) is 0 Å². The summed E-state index contributed by atoms with van der Waals surface area (Å²) in [6, 6.07) is 25.9. The number of nitrogens with zero attached hydrogens (tertiary/aromatic N) is 2. The number of carbonyl (C=O) groups is 2. The topological polar surface area (TPSA) is 82.3 Å². The molecule has 1 amide bonds. The van der Waals surface area contributed by atoms with Gasteiger partial charge in [0.1, 0.15) is 5.69 Å². The molecule has 0 fully saturated rings. The molecule has 0 radical (unpaired) electrons. The summed E-state index contributed by atoms with van der Waals surface area (Å²) in [5.41, 5.74) is 3.38. The molecule has 1 heterocycles. The molecule has 0 bridgehead atoms. The maximum absolute atomic E-state index is 13.0. The van der Waals surface area contributed by atoms with Gasteiger partial charge in [0, 0.05) is 7.05 Å². The number of aromatic nitrogens is 2. The van der Waals surface area contributed by atoms with E-state index in [4.69, 9.17) is 4.74 Å². The monoisotopic (exact) mass is 455 g/mol. The number of ether oxygens (including phenoxy) is 1. The zero-order valence-electron chi connectivity index (χ0n) is 19.2. The Balaban J connectivity index is 1.45. The summed E-state index contributed by atoms with van der Waals surface area (Å²) in [4.78, 5) is 38.3. The normalized spacial score (nSPS) is 11.6. The SMILES string of the molecule is Cc1c(NC(=O)[C@@H](C)OC(=O)c2ccc(-c3ccccc3)cc2)c(=O)n(-c2ccccc2)n1C. The Bertz CT molecular complexity index is 1370. The number of hydrogen-bond donors (Lipinski definition) is 1. The molecule has 4 aromatic rings. The van der Waals surface area contributed by atoms with Gasteiger partial charge >= 0.3 is 5.97 Å². The lowest BCUT2D eigenvalue weighted by Gasteiger charge is -2.13. The van der Waals surface area contributed by atoms with Crippen LogP contribution >= 0.6 is 0 Å². The van der Waals surface area contributed by atoms with Gasteiger partial charge in [-0.2, -0.15) is 0 Å². The molecule has 1 aromatic heterocycles. The lowest BCUT2D eigenvalue weighted by molar-refractivity contribution is -0.123. The maximum Gasteiger partial charge on any atom is 0.338 e. The van der Waals surface area contributed by atoms with E-state index >= 15 is 0 Å². The predicted octanol–water partition coefficient (Wildman–Crippen LogP) is 4.34. The molecule has 1 N–H and O–H groups in total. The van der Waals surface area contributed by atoms with E-state index in [0.29, 0.717) is 16.9 Å². The Labute approximate surface area is 197 Å². The maximum atomic E-state index is 13.0. The van der Waals surface area contributed by atoms with Crippen molar-refractivity contribution >= 4 is 17.6 Å². The highest BCUT2D eigenvalue weighted by Gasteiger charge is 2.23. The van der Waals surface area contributed by atoms with Gasteiger partial charge in [0.05, 0.1) is 16.9 Å². The quantitative estimate of drug-likeness (QED) is 0.439. The number of esters is 1. The molecular formula is C27H25N3O4. The minimum Gasteiger partial charge on any atom is -0.449 e. The number of rotatable bonds is 6. The van der Waals surface area contributed by atoms with Crippen molar-refractivity contribution in [3.63, 3.8) is 0 Å². The summed E-state index contributed by atoms with van der Waals surface area (Å²) in [7, 11) is 1.74. The number of para-hydroxylation sites is 1. The van der Waals surface area contributed by atoms with Crippen LogP contribution in [0.25, 0.3) is 16.8 Å². The zero-order valence-corrected chi connectivity index (χ0v) is 19.2. The molecule has 0 saturated heterocycles. The van der Waals surface area contributed by atoms with Crippen LogP contribution < -0.4 is 10.9 Å². The zero-order chi connectivity index (χ0) is 24.2. The Morgan fingerprint density at radius 3 is 2.03 bits per heavy atom. The Kier molecular flexibility index (Phi) is 6.45. The van der Waals surface area contributed by atoms with Gasteiger partial charge in [-0.15, -0.1) is 0 Å². The summed E-state index contributed by atoms with van der Waals surface area (Å²) < 4.78 is 8.48. The first-order chi connectivity index (χ1) is 16.4. The Hall–Kier alpha value is -4.39. The van der Waals surface area contributed by atoms with Crippen molar-refractivity contribution in [2.24, 2.45) is 7.05 Å². The van der Waals surface area contributed by atoms with Gasteiger partial charge in [0.25, 0.3) is 11.5 Å². The minimum atomic E-state index is -1.09. The molecule has 1 atom stereocenters. The third kappa shape index (κ3) is 4.54. The van der Waals surface area contributed by atoms with Gasteiger partial charge in [0.2, 0.25) is 0 Å². The first-order valence-electron chi connectivity index (χ1n) is 10.9. The summed E-state index contributed by atoms with van der Waals surface area (Å²) in [6.45, 7) is 3.21. The Morgan fingerprint density at radius 1 is 0.853 bits per heavy atom. The van der Waals surface area contributed by atoms with Crippen molar-refractivity contribution in [3.05, 3.63) is 107 Å². The lowest BCUT2D eigenvalue weighted by Crippen LogP contribution is -2.32. The predicted molar refractivity (Wildman–Crippen MR) is 131 cm³/mol. The van der Waals surface area contributed by atoms with E-state index in [1.165, 1.54) is 11.6 Å². The molecule has 172 valence electrons. The molecular weight excluding hydrogens is 430 g/mol. The molecule has 0 aliphatic rings. The third-order valence-electron chi connectivity index (χ3n) is 5.68. The van der Waals surface area contributed by atoms with Gasteiger partial charge in [-0.05, 0) is 49.2 Å². The molecule has 3 aromatic carbocycles. The fourth-order valence-corrected chi connectivity index (χ4v) is 3.65. The number of benzene rings is 3. The number of carbonyl (C=O) groups excluding carboxylic acids is 2. The van der Waals surface area contributed by atoms with Crippen LogP contribution in [0.1, 0.15) is 23.0 Å². The molecule has 0 spiro atoms. The van der Waals surface area contributed by atoms with Crippen LogP contribution in [0.3, 0.4) is 0 Å². The first-order valence-corrected chi connectivity index (χ1v) is 10.9. The van der Waals surface area contributed by atoms with Crippen LogP contribution in [0.4, 0.5) is 5.69 Å². The first kappa shape index (κ1) is 22.8. The largest absolute Gasteiger partial charge is 0.449 e. The average molecular weight is 456 g/mol. The van der Waals surface area contributed by atoms with E-state index in [9.17, 15) is 14.4 Å². The third-order valence-corrected chi connectivity index (χ3v) is 5.68. The Morgan fingerprint density at radius 2 is 1.41 bits per heavy atom. The van der Waals surface area contributed by atoms with Crippen molar-refractivity contribution in [2.75, 3.05) is 5.32 Å². The molecule has 0 aliphatic heterocycles. The van der Waals surface area contributed by atoms with Gasteiger partial charge in [-0.1, -0.05) is 60.7 Å². The van der Waals surface area contributed by atoms with Crippen LogP contribution in [0.15, 0.2) is 89.7 Å². The van der Waals surface area contributed by atoms with Crippen LogP contribution in [0.2, 0.25) is 0 Å². The highest BCUT2D eigenvalue weighted by Crippen LogP contribution is 2.20. The van der Waals surface area contributed by atoms with Crippen LogP contribution in [0, 0.1) is 6.92 Å². The highest BCUT2D eigenvalue weighted by atomic mass is 16.5. The number of anilines is 1. The number of nitrogens with one attached hydrogen (secondary N) is 1. The van der Waals surface area contributed by atoms with E-state index in [2.05, 4.69) is 5.32 Å². The van der Waals surface area contributed by atoms with Gasteiger partial charge in [0.15, 0.2) is 6.10 Å². The summed E-state index contributed by atoms with van der Waals surface area (Å²) in [5.74, 6) is -1.20. The average Bonchev–Trinajstić information content (AvgIpc) is 3.08. The van der Waals surface area contributed by atoms with E-state index in [0.717, 1.165) is 11.1 Å². The fraction of sp³-hybridized carbons (Fsp3) is 0.148. The number of amides is 1. The molecule has 4 rings (SSSR count). The highest BCUT2D eigenvalue weighted by molar-refractivity contribution is 5.97. The van der Waals surface area contributed by atoms with E-state index in [1.54, 1.807) is 42.9 Å². The van der Waals surface area contributed by atoms with Gasteiger partial charge in [-0.3, -0.25) is 14.3 Å². The summed E-state index contributed by atoms with van der Waals surface area (Å²) in [6.07, 6.45) is -1.09. The van der Waals surface area contributed by atoms with Crippen molar-refractivity contribution in [1.82, 2.24) is 9.36 Å². The number of hydrogen-bond acceptors (Lipinski definition) is 4. The van der Waals surface area contributed by atoms with Crippen LogP contribution in [-0.4, -0.2) is 27.3 Å². The molecule has 0 saturated carbocycles. The molecule has 7 heteroatoms. The second-order valence-electron chi connectivity index (χ2n) is 7.92. The van der Waals surface area contributed by atoms with Crippen LogP contribution in [0.5, 0.6) is 0 Å². The second-order valence-corrected chi connectivity index (χ2v) is 7.92. The fourth-order valence-electron chi connectivity index (χ4n) is 3.65. The summed E-state index contributed by atoms with van der Waals surface area (Å²) >= 11 is 0. The molecule has 0 unspecified atom stereocenters. The second kappa shape index (κ2) is 9.62. The van der Waals surface area contributed by atoms with E-state index in [-0.39, 0.29) is 11.2 Å². The van der Waals surface area contributed by atoms with E-state index < -0.39 is 18.0 Å². The standard InChI is InChI=1S/C27H25N3O4/c1-18-24(26(32)30(29(18)3)23-12-8-5-9-13-23)28-25(31)19(2)34-27(33)22-16-14-21(15-17-22)20-10-6-4-7-11-20/h4-17,19H,1-3H3,(H,28,31)/t19-/m1/s1. The van der Waals surface area contributed by atoms with Gasteiger partial charge < -0.3 is 10.1 Å². The van der Waals surface area contributed by atoms with Crippen molar-refractivity contribution in [2.45, 2.75) is 20.0 Å². The van der Waals surface area contributed by atoms with Crippen molar-refractivity contribution in [3.8, 4) is 16.8 Å². The molecule has 7 nitrogen and oxygen atoms in total. The van der Waals surface area contributed by atoms with Gasteiger partial charge in [-0.25, -0.2) is 9.48 Å². The van der Waals surface area contributed by atoms with Crippen LogP contribution in [-0.2, 0) is 16.6 Å². The minimum absolute atomic E-state index is 0.145. The molecule has 0 aliphatic carbocycles. The van der Waals surface area contributed by atoms with Crippen molar-refractivity contribution < 1.29 is 14.3 Å². The molecule has 34 heavy (non-hydrogen) atoms.